The molecule has 6 N–H and O–H groups in total. The number of H-pyrrole nitrogens is 1. The second-order valence-corrected chi connectivity index (χ2v) is 7.35. The quantitative estimate of drug-likeness (QED) is 0.175. The topological polar surface area (TPSA) is 163 Å². The highest BCUT2D eigenvalue weighted by Gasteiger charge is 2.35. The second kappa shape index (κ2) is 10.6. The van der Waals surface area contributed by atoms with Gasteiger partial charge in [-0.2, -0.15) is 18.4 Å². The van der Waals surface area contributed by atoms with Crippen molar-refractivity contribution in [3.05, 3.63) is 77.0 Å². The van der Waals surface area contributed by atoms with E-state index < -0.39 is 23.7 Å². The molecule has 0 aliphatic heterocycles. The van der Waals surface area contributed by atoms with Crippen LogP contribution < -0.4 is 11.1 Å². The van der Waals surface area contributed by atoms with Crippen LogP contribution in [0.25, 0.3) is 11.1 Å². The lowest BCUT2D eigenvalue weighted by Crippen LogP contribution is -2.16. The van der Waals surface area contributed by atoms with E-state index >= 15 is 0 Å². The maximum atomic E-state index is 14.0. The number of allylic oxidation sites excluding steroid dienone is 1. The molecule has 0 bridgehead atoms. The molecule has 184 valence electrons. The van der Waals surface area contributed by atoms with Crippen molar-refractivity contribution in [1.82, 2.24) is 15.0 Å². The first-order chi connectivity index (χ1) is 17.1. The maximum absolute atomic E-state index is 14.0. The Bertz CT molecular complexity index is 1380. The summed E-state index contributed by atoms with van der Waals surface area (Å²) in [7, 11) is 0. The third kappa shape index (κ3) is 5.27. The van der Waals surface area contributed by atoms with Gasteiger partial charge in [0.15, 0.2) is 0 Å². The molecular weight excluding hydrogens is 478 g/mol. The number of alkyl halides is 3. The Balaban J connectivity index is 2.14. The number of hydrogen-bond donors (Lipinski definition) is 5. The van der Waals surface area contributed by atoms with Gasteiger partial charge in [0.2, 0.25) is 5.82 Å². The molecule has 1 atom stereocenters. The fourth-order valence-corrected chi connectivity index (χ4v) is 3.38. The van der Waals surface area contributed by atoms with Crippen molar-refractivity contribution >= 4 is 24.1 Å². The predicted molar refractivity (Wildman–Crippen MR) is 126 cm³/mol. The summed E-state index contributed by atoms with van der Waals surface area (Å²) < 4.78 is 52.8. The molecule has 0 saturated heterocycles. The highest BCUT2D eigenvalue weighted by Crippen LogP contribution is 2.36. The molecule has 13 heteroatoms. The molecule has 0 aliphatic rings. The van der Waals surface area contributed by atoms with Gasteiger partial charge in [-0.1, -0.05) is 19.1 Å². The molecule has 3 rings (SSSR count). The van der Waals surface area contributed by atoms with Crippen molar-refractivity contribution in [1.29, 1.82) is 16.1 Å². The number of aliphatic imine (C=N–C) groups is 1. The van der Waals surface area contributed by atoms with Gasteiger partial charge in [0.05, 0.1) is 16.9 Å². The van der Waals surface area contributed by atoms with Crippen LogP contribution in [0, 0.1) is 28.0 Å². The van der Waals surface area contributed by atoms with Crippen LogP contribution in [0.3, 0.4) is 0 Å². The number of hydrogen-bond acceptors (Lipinski definition) is 6. The largest absolute Gasteiger partial charge is 0.451 e. The van der Waals surface area contributed by atoms with E-state index in [9.17, 15) is 22.8 Å². The zero-order chi connectivity index (χ0) is 26.5. The fourth-order valence-electron chi connectivity index (χ4n) is 3.38. The number of amidine groups is 1. The smallest absolute Gasteiger partial charge is 0.382 e. The fraction of sp³-hybridized carbons (Fsp3) is 0.130. The van der Waals surface area contributed by atoms with Crippen LogP contribution in [0.2, 0.25) is 0 Å². The van der Waals surface area contributed by atoms with E-state index in [1.165, 1.54) is 24.4 Å². The summed E-state index contributed by atoms with van der Waals surface area (Å²) in [6, 6.07) is 7.92. The first kappa shape index (κ1) is 25.8. The lowest BCUT2D eigenvalue weighted by atomic mass is 9.93. The molecule has 1 unspecified atom stereocenters. The van der Waals surface area contributed by atoms with Crippen LogP contribution in [0.4, 0.5) is 23.2 Å². The molecule has 1 aromatic carbocycles. The summed E-state index contributed by atoms with van der Waals surface area (Å²) in [5.74, 6) is -2.73. The van der Waals surface area contributed by atoms with E-state index in [0.29, 0.717) is 11.9 Å². The van der Waals surface area contributed by atoms with Gasteiger partial charge in [-0.05, 0) is 17.7 Å². The number of anilines is 1. The lowest BCUT2D eigenvalue weighted by molar-refractivity contribution is -0.144. The number of rotatable bonds is 8. The van der Waals surface area contributed by atoms with Crippen LogP contribution >= 0.6 is 0 Å². The highest BCUT2D eigenvalue weighted by atomic mass is 19.4. The number of nitrogens with two attached hydrogens (primary N) is 1. The number of para-hydroxylation sites is 1. The van der Waals surface area contributed by atoms with E-state index in [1.54, 1.807) is 13.0 Å². The standard InChI is InChI=1S/C23H19F4N9/c1-12(13(6-28)8-32-17-5-3-2-4-16(17)24)19-15(7-29)18(20(36-19)21(31)35-11-30)14-9-33-22(34-10-14)23(25,26)27/h2-6,8-12,28,32,36H,1H3,(H3,30,31,35)/b13-8+,28-6?. The normalized spacial score (nSPS) is 13.1. The van der Waals surface area contributed by atoms with Gasteiger partial charge in [-0.25, -0.2) is 19.4 Å². The monoisotopic (exact) mass is 497 g/mol. The number of nitriles is 1. The number of benzene rings is 1. The van der Waals surface area contributed by atoms with E-state index in [1.807, 2.05) is 6.07 Å². The summed E-state index contributed by atoms with van der Waals surface area (Å²) in [4.78, 5) is 13.3. The average Bonchev–Trinajstić information content (AvgIpc) is 3.25. The molecule has 0 aliphatic carbocycles. The summed E-state index contributed by atoms with van der Waals surface area (Å²) >= 11 is 0. The van der Waals surface area contributed by atoms with Crippen LogP contribution in [0.1, 0.15) is 35.6 Å². The van der Waals surface area contributed by atoms with Crippen molar-refractivity contribution in [2.24, 2.45) is 10.7 Å². The van der Waals surface area contributed by atoms with E-state index in [2.05, 4.69) is 25.3 Å². The Morgan fingerprint density at radius 2 is 1.92 bits per heavy atom. The van der Waals surface area contributed by atoms with E-state index in [4.69, 9.17) is 16.6 Å². The first-order valence-electron chi connectivity index (χ1n) is 10.2. The van der Waals surface area contributed by atoms with Gasteiger partial charge in [0.25, 0.3) is 0 Å². The number of nitrogens with one attached hydrogen (secondary N) is 4. The molecule has 2 heterocycles. The van der Waals surface area contributed by atoms with Crippen LogP contribution in [0.5, 0.6) is 0 Å². The average molecular weight is 497 g/mol. The van der Waals surface area contributed by atoms with Crippen molar-refractivity contribution in [3.8, 4) is 17.2 Å². The Labute approximate surface area is 202 Å². The molecule has 0 spiro atoms. The Hall–Kier alpha value is -4.86. The molecule has 0 saturated carbocycles. The minimum absolute atomic E-state index is 0.00244. The SMILES string of the molecule is CC(/C(C=N)=C/Nc1ccccc1F)c1[nH]c(/C(N)=N\C=N)c(-c2cnc(C(F)(F)F)nc2)c1C#N. The highest BCUT2D eigenvalue weighted by molar-refractivity contribution is 6.06. The molecule has 36 heavy (non-hydrogen) atoms. The molecule has 9 nitrogen and oxygen atoms in total. The molecule has 3 aromatic rings. The number of halogens is 4. The van der Waals surface area contributed by atoms with Crippen LogP contribution in [0.15, 0.2) is 53.4 Å². The third-order valence-electron chi connectivity index (χ3n) is 5.16. The summed E-state index contributed by atoms with van der Waals surface area (Å²) in [6.07, 6.45) is 0.126. The first-order valence-corrected chi connectivity index (χ1v) is 10.2. The van der Waals surface area contributed by atoms with Gasteiger partial charge in [-0.3, -0.25) is 5.41 Å². The van der Waals surface area contributed by atoms with Gasteiger partial charge < -0.3 is 21.4 Å². The number of aromatic amines is 1. The minimum Gasteiger partial charge on any atom is -0.382 e. The van der Waals surface area contributed by atoms with Gasteiger partial charge in [0.1, 0.15) is 24.1 Å². The molecular formula is C23H19F4N9. The predicted octanol–water partition coefficient (Wildman–Crippen LogP) is 4.56. The lowest BCUT2D eigenvalue weighted by Gasteiger charge is -2.13. The third-order valence-corrected chi connectivity index (χ3v) is 5.16. The molecule has 0 amide bonds. The Morgan fingerprint density at radius 1 is 1.25 bits per heavy atom. The number of nitrogens with zero attached hydrogens (tertiary/aromatic N) is 4. The van der Waals surface area contributed by atoms with Crippen molar-refractivity contribution < 1.29 is 17.6 Å². The Kier molecular flexibility index (Phi) is 7.58. The van der Waals surface area contributed by atoms with Gasteiger partial charge >= 0.3 is 6.18 Å². The Morgan fingerprint density at radius 3 is 2.47 bits per heavy atom. The van der Waals surface area contributed by atoms with Crippen molar-refractivity contribution in [3.63, 3.8) is 0 Å². The van der Waals surface area contributed by atoms with Gasteiger partial charge in [0, 0.05) is 47.5 Å². The molecule has 0 fully saturated rings. The zero-order valence-electron chi connectivity index (χ0n) is 18.7. The van der Waals surface area contributed by atoms with Gasteiger partial charge in [-0.15, -0.1) is 0 Å². The van der Waals surface area contributed by atoms with Crippen LogP contribution in [-0.4, -0.2) is 33.3 Å². The number of aromatic nitrogens is 3. The van der Waals surface area contributed by atoms with E-state index in [0.717, 1.165) is 18.6 Å². The summed E-state index contributed by atoms with van der Waals surface area (Å²) in [5.41, 5.74) is 6.93. The summed E-state index contributed by atoms with van der Waals surface area (Å²) in [6.45, 7) is 1.66. The maximum Gasteiger partial charge on any atom is 0.451 e. The molecule has 0 radical (unpaired) electrons. The van der Waals surface area contributed by atoms with E-state index in [-0.39, 0.29) is 39.6 Å². The van der Waals surface area contributed by atoms with Crippen LogP contribution in [-0.2, 0) is 6.18 Å². The van der Waals surface area contributed by atoms with Crippen molar-refractivity contribution in [2.75, 3.05) is 5.32 Å². The minimum atomic E-state index is -4.76. The summed E-state index contributed by atoms with van der Waals surface area (Å²) in [5, 5.41) is 27.8. The zero-order valence-corrected chi connectivity index (χ0v) is 18.7. The molecule has 2 aromatic heterocycles. The van der Waals surface area contributed by atoms with Crippen molar-refractivity contribution in [2.45, 2.75) is 19.0 Å². The second-order valence-electron chi connectivity index (χ2n) is 7.35.